The van der Waals surface area contributed by atoms with Gasteiger partial charge in [-0.3, -0.25) is 19.7 Å². The number of benzene rings is 1. The zero-order valence-electron chi connectivity index (χ0n) is 17.4. The van der Waals surface area contributed by atoms with Gasteiger partial charge < -0.3 is 10.1 Å². The summed E-state index contributed by atoms with van der Waals surface area (Å²) in [5, 5.41) is 3.72. The molecule has 1 N–H and O–H groups in total. The van der Waals surface area contributed by atoms with E-state index in [2.05, 4.69) is 25.3 Å². The van der Waals surface area contributed by atoms with Gasteiger partial charge in [0.2, 0.25) is 0 Å². The molecule has 3 aromatic heterocycles. The number of hydrogen-bond acceptors (Lipinski definition) is 7. The van der Waals surface area contributed by atoms with Crippen molar-refractivity contribution in [3.8, 4) is 22.1 Å². The Morgan fingerprint density at radius 2 is 1.81 bits per heavy atom. The maximum Gasteiger partial charge on any atom is 0.251 e. The van der Waals surface area contributed by atoms with E-state index in [0.717, 1.165) is 26.8 Å². The van der Waals surface area contributed by atoms with Crippen LogP contribution in [0.1, 0.15) is 32.3 Å². The molecule has 4 aromatic rings. The average Bonchev–Trinajstić information content (AvgIpc) is 3.19. The number of hydrogen-bond donors (Lipinski definition) is 1. The van der Waals surface area contributed by atoms with Gasteiger partial charge in [0.1, 0.15) is 16.5 Å². The number of carbonyl (C=O) groups excluding carboxylic acids is 1. The summed E-state index contributed by atoms with van der Waals surface area (Å²) < 4.78 is 6.03. The number of pyridine rings is 1. The molecule has 4 rings (SSSR count). The topological polar surface area (TPSA) is 89.9 Å². The minimum absolute atomic E-state index is 0.228. The normalized spacial score (nSPS) is 10.7. The lowest BCUT2D eigenvalue weighted by atomic mass is 10.1. The lowest BCUT2D eigenvalue weighted by molar-refractivity contribution is 0.0950. The molecule has 0 saturated heterocycles. The van der Waals surface area contributed by atoms with Crippen LogP contribution < -0.4 is 10.1 Å². The highest BCUT2D eigenvalue weighted by Crippen LogP contribution is 2.31. The van der Waals surface area contributed by atoms with E-state index in [4.69, 9.17) is 4.74 Å². The van der Waals surface area contributed by atoms with E-state index in [1.165, 1.54) is 0 Å². The molecule has 3 heterocycles. The average molecular weight is 432 g/mol. The van der Waals surface area contributed by atoms with Crippen LogP contribution in [0.2, 0.25) is 0 Å². The number of ether oxygens (including phenoxy) is 1. The standard InChI is InChI=1S/C23H21N5O2S/c1-14-6-20(4-5-24-14)30-21-8-17(7-18(9-21)23-28-11-16(3)31-23)22(29)27-13-19-12-25-15(2)10-26-19/h4-12H,13H2,1-3H3,(H,27,29). The summed E-state index contributed by atoms with van der Waals surface area (Å²) in [4.78, 5) is 31.1. The third kappa shape index (κ3) is 5.29. The van der Waals surface area contributed by atoms with Gasteiger partial charge in [0.05, 0.1) is 24.1 Å². The van der Waals surface area contributed by atoms with Crippen molar-refractivity contribution in [1.29, 1.82) is 0 Å². The monoisotopic (exact) mass is 431 g/mol. The first-order valence-electron chi connectivity index (χ1n) is 9.70. The number of amides is 1. The number of aromatic nitrogens is 4. The number of rotatable bonds is 6. The predicted octanol–water partition coefficient (Wildman–Crippen LogP) is 4.64. The molecule has 0 aliphatic heterocycles. The summed E-state index contributed by atoms with van der Waals surface area (Å²) in [7, 11) is 0. The van der Waals surface area contributed by atoms with Gasteiger partial charge in [-0.2, -0.15) is 0 Å². The molecule has 0 spiro atoms. The van der Waals surface area contributed by atoms with Crippen molar-refractivity contribution in [2.24, 2.45) is 0 Å². The van der Waals surface area contributed by atoms with Gasteiger partial charge in [-0.05, 0) is 45.0 Å². The van der Waals surface area contributed by atoms with Crippen LogP contribution in [0.25, 0.3) is 10.6 Å². The summed E-state index contributed by atoms with van der Waals surface area (Å²) >= 11 is 1.56. The Balaban J connectivity index is 1.61. The SMILES string of the molecule is Cc1cnc(CNC(=O)c2cc(Oc3ccnc(C)c3)cc(-c3ncc(C)s3)c2)cn1. The van der Waals surface area contributed by atoms with E-state index in [1.54, 1.807) is 42.1 Å². The van der Waals surface area contributed by atoms with Gasteiger partial charge in [-0.15, -0.1) is 11.3 Å². The van der Waals surface area contributed by atoms with E-state index in [9.17, 15) is 4.79 Å². The van der Waals surface area contributed by atoms with Crippen molar-refractivity contribution in [2.45, 2.75) is 27.3 Å². The third-order valence-electron chi connectivity index (χ3n) is 4.41. The van der Waals surface area contributed by atoms with Crippen LogP contribution in [0.15, 0.2) is 55.1 Å². The van der Waals surface area contributed by atoms with Crippen LogP contribution in [0.4, 0.5) is 0 Å². The highest BCUT2D eigenvalue weighted by atomic mass is 32.1. The molecule has 1 amide bonds. The fraction of sp³-hybridized carbons (Fsp3) is 0.174. The first kappa shape index (κ1) is 20.6. The van der Waals surface area contributed by atoms with E-state index in [1.807, 2.05) is 45.2 Å². The summed E-state index contributed by atoms with van der Waals surface area (Å²) in [5.41, 5.74) is 3.67. The lowest BCUT2D eigenvalue weighted by Gasteiger charge is -2.11. The highest BCUT2D eigenvalue weighted by Gasteiger charge is 2.13. The van der Waals surface area contributed by atoms with E-state index < -0.39 is 0 Å². The molecule has 0 radical (unpaired) electrons. The van der Waals surface area contributed by atoms with Crippen molar-refractivity contribution in [3.05, 3.63) is 82.6 Å². The molecule has 0 aliphatic carbocycles. The molecule has 156 valence electrons. The Morgan fingerprint density at radius 3 is 2.52 bits per heavy atom. The Hall–Kier alpha value is -3.65. The van der Waals surface area contributed by atoms with E-state index in [0.29, 0.717) is 22.8 Å². The molecule has 31 heavy (non-hydrogen) atoms. The maximum atomic E-state index is 12.9. The quantitative estimate of drug-likeness (QED) is 0.478. The second kappa shape index (κ2) is 9.01. The second-order valence-corrected chi connectivity index (χ2v) is 8.32. The molecular formula is C23H21N5O2S. The van der Waals surface area contributed by atoms with Crippen molar-refractivity contribution in [3.63, 3.8) is 0 Å². The number of nitrogens with one attached hydrogen (secondary N) is 1. The summed E-state index contributed by atoms with van der Waals surface area (Å²) in [6, 6.07) is 9.05. The second-order valence-electron chi connectivity index (χ2n) is 7.09. The van der Waals surface area contributed by atoms with Crippen LogP contribution in [0, 0.1) is 20.8 Å². The molecular weight excluding hydrogens is 410 g/mol. The predicted molar refractivity (Wildman–Crippen MR) is 119 cm³/mol. The molecule has 0 bridgehead atoms. The van der Waals surface area contributed by atoms with Gasteiger partial charge in [0.15, 0.2) is 0 Å². The van der Waals surface area contributed by atoms with Gasteiger partial charge in [0, 0.05) is 46.4 Å². The van der Waals surface area contributed by atoms with E-state index >= 15 is 0 Å². The van der Waals surface area contributed by atoms with Crippen molar-refractivity contribution in [1.82, 2.24) is 25.3 Å². The van der Waals surface area contributed by atoms with Crippen LogP contribution in [-0.4, -0.2) is 25.8 Å². The molecule has 1 aromatic carbocycles. The molecule has 0 aliphatic rings. The first-order chi connectivity index (χ1) is 15.0. The van der Waals surface area contributed by atoms with Gasteiger partial charge >= 0.3 is 0 Å². The van der Waals surface area contributed by atoms with Gasteiger partial charge in [-0.1, -0.05) is 0 Å². The minimum Gasteiger partial charge on any atom is -0.457 e. The van der Waals surface area contributed by atoms with Crippen LogP contribution in [0.3, 0.4) is 0 Å². The summed E-state index contributed by atoms with van der Waals surface area (Å²) in [6.45, 7) is 6.05. The smallest absolute Gasteiger partial charge is 0.251 e. The van der Waals surface area contributed by atoms with E-state index in [-0.39, 0.29) is 12.5 Å². The van der Waals surface area contributed by atoms with Crippen molar-refractivity contribution in [2.75, 3.05) is 0 Å². The van der Waals surface area contributed by atoms with Crippen LogP contribution in [0.5, 0.6) is 11.5 Å². The largest absolute Gasteiger partial charge is 0.457 e. The Kier molecular flexibility index (Phi) is 5.99. The maximum absolute atomic E-state index is 12.9. The number of nitrogens with zero attached hydrogens (tertiary/aromatic N) is 4. The highest BCUT2D eigenvalue weighted by molar-refractivity contribution is 7.14. The zero-order valence-corrected chi connectivity index (χ0v) is 18.2. The number of aryl methyl sites for hydroxylation is 3. The first-order valence-corrected chi connectivity index (χ1v) is 10.5. The fourth-order valence-corrected chi connectivity index (χ4v) is 3.65. The Bertz CT molecular complexity index is 1220. The Labute approximate surface area is 184 Å². The number of thiazole rings is 1. The lowest BCUT2D eigenvalue weighted by Crippen LogP contribution is -2.23. The van der Waals surface area contributed by atoms with Gasteiger partial charge in [-0.25, -0.2) is 4.98 Å². The summed E-state index contributed by atoms with van der Waals surface area (Å²) in [6.07, 6.45) is 6.84. The third-order valence-corrected chi connectivity index (χ3v) is 5.37. The van der Waals surface area contributed by atoms with Crippen molar-refractivity contribution < 1.29 is 9.53 Å². The minimum atomic E-state index is -0.228. The molecule has 0 atom stereocenters. The van der Waals surface area contributed by atoms with Crippen LogP contribution in [-0.2, 0) is 6.54 Å². The summed E-state index contributed by atoms with van der Waals surface area (Å²) in [5.74, 6) is 0.978. The zero-order chi connectivity index (χ0) is 21.8. The van der Waals surface area contributed by atoms with Crippen LogP contribution >= 0.6 is 11.3 Å². The molecule has 0 unspecified atom stereocenters. The Morgan fingerprint density at radius 1 is 0.935 bits per heavy atom. The van der Waals surface area contributed by atoms with Crippen molar-refractivity contribution >= 4 is 17.2 Å². The molecule has 8 heteroatoms. The fourth-order valence-electron chi connectivity index (χ4n) is 2.90. The number of carbonyl (C=O) groups is 1. The van der Waals surface area contributed by atoms with Gasteiger partial charge in [0.25, 0.3) is 5.91 Å². The molecule has 7 nitrogen and oxygen atoms in total. The molecule has 0 fully saturated rings. The molecule has 0 saturated carbocycles.